The monoisotopic (exact) mass is 249 g/mol. The number of hydrogen-bond acceptors (Lipinski definition) is 1. The van der Waals surface area contributed by atoms with Crippen molar-refractivity contribution in [2.75, 3.05) is 5.32 Å². The van der Waals surface area contributed by atoms with Gasteiger partial charge in [-0.3, -0.25) is 4.79 Å². The molecule has 0 aliphatic rings. The van der Waals surface area contributed by atoms with Crippen LogP contribution in [0.2, 0.25) is 5.02 Å². The van der Waals surface area contributed by atoms with Crippen molar-refractivity contribution in [3.8, 4) is 11.1 Å². The predicted molar refractivity (Wildman–Crippen MR) is 66.5 cm³/mol. The molecule has 2 aromatic carbocycles. The first-order valence-corrected chi connectivity index (χ1v) is 5.35. The Bertz CT molecular complexity index is 557. The van der Waals surface area contributed by atoms with Gasteiger partial charge in [0, 0.05) is 16.1 Å². The summed E-state index contributed by atoms with van der Waals surface area (Å²) >= 11 is 6.00. The molecule has 0 radical (unpaired) electrons. The van der Waals surface area contributed by atoms with Crippen LogP contribution in [-0.4, -0.2) is 6.41 Å². The zero-order valence-corrected chi connectivity index (χ0v) is 9.54. The van der Waals surface area contributed by atoms with Crippen molar-refractivity contribution in [3.05, 3.63) is 53.3 Å². The summed E-state index contributed by atoms with van der Waals surface area (Å²) in [5, 5.41) is 2.77. The first-order valence-electron chi connectivity index (χ1n) is 4.97. The van der Waals surface area contributed by atoms with Crippen molar-refractivity contribution in [2.45, 2.75) is 0 Å². The van der Waals surface area contributed by atoms with Gasteiger partial charge >= 0.3 is 0 Å². The van der Waals surface area contributed by atoms with Gasteiger partial charge in [0.25, 0.3) is 0 Å². The van der Waals surface area contributed by atoms with Gasteiger partial charge in [-0.05, 0) is 12.1 Å². The normalized spacial score (nSPS) is 10.0. The van der Waals surface area contributed by atoms with Gasteiger partial charge < -0.3 is 5.32 Å². The molecule has 17 heavy (non-hydrogen) atoms. The Morgan fingerprint density at radius 2 is 1.76 bits per heavy atom. The van der Waals surface area contributed by atoms with E-state index in [1.54, 1.807) is 36.4 Å². The minimum Gasteiger partial charge on any atom is -0.326 e. The standard InChI is InChI=1S/C13H9ClFNO/c14-11-6-2-1-4-9(11)10-5-3-7-12(13(10)15)16-8-17/h1-8H,(H,16,17). The molecule has 0 bridgehead atoms. The van der Waals surface area contributed by atoms with Crippen LogP contribution in [0.4, 0.5) is 10.1 Å². The number of anilines is 1. The van der Waals surface area contributed by atoms with E-state index >= 15 is 0 Å². The lowest BCUT2D eigenvalue weighted by atomic mass is 10.0. The first-order chi connectivity index (χ1) is 8.24. The number of halogens is 2. The second-order valence-corrected chi connectivity index (χ2v) is 3.82. The number of rotatable bonds is 3. The Balaban J connectivity index is 2.57. The van der Waals surface area contributed by atoms with Gasteiger partial charge in [0.05, 0.1) is 5.69 Å². The van der Waals surface area contributed by atoms with Crippen LogP contribution >= 0.6 is 11.6 Å². The summed E-state index contributed by atoms with van der Waals surface area (Å²) in [5.74, 6) is -0.493. The third kappa shape index (κ3) is 2.29. The summed E-state index contributed by atoms with van der Waals surface area (Å²) in [7, 11) is 0. The quantitative estimate of drug-likeness (QED) is 0.826. The summed E-state index contributed by atoms with van der Waals surface area (Å²) in [6.45, 7) is 0. The molecule has 0 fully saturated rings. The van der Waals surface area contributed by atoms with Crippen molar-refractivity contribution in [3.63, 3.8) is 0 Å². The van der Waals surface area contributed by atoms with Gasteiger partial charge in [0.1, 0.15) is 0 Å². The van der Waals surface area contributed by atoms with Crippen molar-refractivity contribution in [2.24, 2.45) is 0 Å². The van der Waals surface area contributed by atoms with Crippen molar-refractivity contribution >= 4 is 23.7 Å². The van der Waals surface area contributed by atoms with Gasteiger partial charge in [0.2, 0.25) is 6.41 Å². The molecule has 0 unspecified atom stereocenters. The summed E-state index contributed by atoms with van der Waals surface area (Å²) in [4.78, 5) is 10.3. The van der Waals surface area contributed by atoms with E-state index in [0.29, 0.717) is 22.6 Å². The Morgan fingerprint density at radius 1 is 1.06 bits per heavy atom. The lowest BCUT2D eigenvalue weighted by Crippen LogP contribution is -1.98. The summed E-state index contributed by atoms with van der Waals surface area (Å²) in [5.41, 5.74) is 1.10. The highest BCUT2D eigenvalue weighted by molar-refractivity contribution is 6.33. The van der Waals surface area contributed by atoms with Crippen LogP contribution in [0.1, 0.15) is 0 Å². The minimum absolute atomic E-state index is 0.136. The first kappa shape index (κ1) is 11.6. The van der Waals surface area contributed by atoms with E-state index in [9.17, 15) is 9.18 Å². The number of benzene rings is 2. The van der Waals surface area contributed by atoms with E-state index in [1.165, 1.54) is 6.07 Å². The molecule has 0 spiro atoms. The van der Waals surface area contributed by atoms with Crippen LogP contribution in [0, 0.1) is 5.82 Å². The summed E-state index contributed by atoms with van der Waals surface area (Å²) in [6, 6.07) is 11.7. The molecule has 0 saturated carbocycles. The van der Waals surface area contributed by atoms with E-state index < -0.39 is 5.82 Å². The van der Waals surface area contributed by atoms with E-state index in [-0.39, 0.29) is 5.69 Å². The largest absolute Gasteiger partial charge is 0.326 e. The van der Waals surface area contributed by atoms with Gasteiger partial charge in [-0.1, -0.05) is 41.9 Å². The zero-order chi connectivity index (χ0) is 12.3. The average Bonchev–Trinajstić information content (AvgIpc) is 2.33. The van der Waals surface area contributed by atoms with Crippen molar-refractivity contribution in [1.29, 1.82) is 0 Å². The smallest absolute Gasteiger partial charge is 0.211 e. The number of amides is 1. The highest BCUT2D eigenvalue weighted by atomic mass is 35.5. The van der Waals surface area contributed by atoms with Crippen LogP contribution in [0.15, 0.2) is 42.5 Å². The third-order valence-electron chi connectivity index (χ3n) is 2.38. The Labute approximate surface area is 103 Å². The maximum absolute atomic E-state index is 14.0. The molecule has 2 aromatic rings. The Kier molecular flexibility index (Phi) is 3.40. The SMILES string of the molecule is O=CNc1cccc(-c2ccccc2Cl)c1F. The highest BCUT2D eigenvalue weighted by Crippen LogP contribution is 2.32. The van der Waals surface area contributed by atoms with E-state index in [1.807, 2.05) is 0 Å². The number of carbonyl (C=O) groups is 1. The Hall–Kier alpha value is -1.87. The Morgan fingerprint density at radius 3 is 2.47 bits per heavy atom. The molecule has 2 rings (SSSR count). The van der Waals surface area contributed by atoms with Crippen LogP contribution in [0.3, 0.4) is 0 Å². The second kappa shape index (κ2) is 4.97. The molecule has 0 saturated heterocycles. The summed E-state index contributed by atoms with van der Waals surface area (Å²) in [6.07, 6.45) is 0.439. The molecule has 0 aromatic heterocycles. The van der Waals surface area contributed by atoms with Crippen LogP contribution < -0.4 is 5.32 Å². The molecule has 86 valence electrons. The molecule has 0 aliphatic carbocycles. The van der Waals surface area contributed by atoms with Crippen LogP contribution in [-0.2, 0) is 4.79 Å². The molecule has 0 atom stereocenters. The average molecular weight is 250 g/mol. The number of carbonyl (C=O) groups excluding carboxylic acids is 1. The maximum atomic E-state index is 14.0. The lowest BCUT2D eigenvalue weighted by molar-refractivity contribution is -0.105. The molecular formula is C13H9ClFNO. The molecule has 4 heteroatoms. The fourth-order valence-corrected chi connectivity index (χ4v) is 1.83. The molecule has 0 heterocycles. The van der Waals surface area contributed by atoms with Crippen molar-refractivity contribution < 1.29 is 9.18 Å². The van der Waals surface area contributed by atoms with Gasteiger partial charge in [0.15, 0.2) is 5.82 Å². The van der Waals surface area contributed by atoms with Crippen molar-refractivity contribution in [1.82, 2.24) is 0 Å². The van der Waals surface area contributed by atoms with Gasteiger partial charge in [-0.2, -0.15) is 0 Å². The zero-order valence-electron chi connectivity index (χ0n) is 8.78. The van der Waals surface area contributed by atoms with Gasteiger partial charge in [-0.15, -0.1) is 0 Å². The molecular weight excluding hydrogens is 241 g/mol. The minimum atomic E-state index is -0.493. The maximum Gasteiger partial charge on any atom is 0.211 e. The predicted octanol–water partition coefficient (Wildman–Crippen LogP) is 3.71. The fourth-order valence-electron chi connectivity index (χ4n) is 1.59. The fraction of sp³-hybridized carbons (Fsp3) is 0. The number of nitrogens with one attached hydrogen (secondary N) is 1. The molecule has 1 amide bonds. The van der Waals surface area contributed by atoms with E-state index in [2.05, 4.69) is 5.32 Å². The lowest BCUT2D eigenvalue weighted by Gasteiger charge is -2.08. The molecule has 1 N–H and O–H groups in total. The van der Waals surface area contributed by atoms with Gasteiger partial charge in [-0.25, -0.2) is 4.39 Å². The van der Waals surface area contributed by atoms with E-state index in [4.69, 9.17) is 11.6 Å². The second-order valence-electron chi connectivity index (χ2n) is 3.41. The van der Waals surface area contributed by atoms with E-state index in [0.717, 1.165) is 0 Å². The molecule has 0 aliphatic heterocycles. The van der Waals surface area contributed by atoms with Crippen LogP contribution in [0.5, 0.6) is 0 Å². The van der Waals surface area contributed by atoms with Crippen LogP contribution in [0.25, 0.3) is 11.1 Å². The third-order valence-corrected chi connectivity index (χ3v) is 2.71. The summed E-state index contributed by atoms with van der Waals surface area (Å²) < 4.78 is 14.0. The number of hydrogen-bond donors (Lipinski definition) is 1. The highest BCUT2D eigenvalue weighted by Gasteiger charge is 2.11. The molecule has 2 nitrogen and oxygen atoms in total. The topological polar surface area (TPSA) is 29.1 Å².